The van der Waals surface area contributed by atoms with E-state index >= 15 is 0 Å². The maximum absolute atomic E-state index is 12.4. The van der Waals surface area contributed by atoms with E-state index in [4.69, 9.17) is 0 Å². The first kappa shape index (κ1) is 17.9. The van der Waals surface area contributed by atoms with Crippen LogP contribution in [0, 0.1) is 0 Å². The Labute approximate surface area is 127 Å². The van der Waals surface area contributed by atoms with E-state index in [1.807, 2.05) is 20.8 Å². The second-order valence-electron chi connectivity index (χ2n) is 5.64. The van der Waals surface area contributed by atoms with E-state index in [1.165, 1.54) is 6.92 Å². The van der Waals surface area contributed by atoms with Crippen molar-refractivity contribution >= 4 is 21.7 Å². The van der Waals surface area contributed by atoms with Crippen molar-refractivity contribution in [1.29, 1.82) is 0 Å². The Bertz CT molecular complexity index is 489. The molecular formula is C14H26N2O4S. The van der Waals surface area contributed by atoms with Gasteiger partial charge < -0.3 is 9.80 Å². The number of hydrogen-bond donors (Lipinski definition) is 0. The summed E-state index contributed by atoms with van der Waals surface area (Å²) in [6.07, 6.45) is 1.27. The summed E-state index contributed by atoms with van der Waals surface area (Å²) in [7, 11) is -3.02. The number of sulfone groups is 1. The summed E-state index contributed by atoms with van der Waals surface area (Å²) in [6.45, 7) is 7.65. The molecule has 0 radical (unpaired) electrons. The van der Waals surface area contributed by atoms with E-state index in [1.54, 1.807) is 9.80 Å². The highest BCUT2D eigenvalue weighted by Crippen LogP contribution is 2.18. The number of hydrogen-bond acceptors (Lipinski definition) is 4. The molecule has 2 amide bonds. The van der Waals surface area contributed by atoms with Gasteiger partial charge in [0.05, 0.1) is 18.1 Å². The molecule has 0 aliphatic carbocycles. The second kappa shape index (κ2) is 7.24. The number of carbonyl (C=O) groups is 2. The van der Waals surface area contributed by atoms with Crippen LogP contribution in [0.3, 0.4) is 0 Å². The van der Waals surface area contributed by atoms with E-state index in [-0.39, 0.29) is 41.9 Å². The van der Waals surface area contributed by atoms with Crippen molar-refractivity contribution in [2.24, 2.45) is 0 Å². The van der Waals surface area contributed by atoms with E-state index in [0.29, 0.717) is 13.0 Å². The van der Waals surface area contributed by atoms with Crippen LogP contribution in [0.2, 0.25) is 0 Å². The van der Waals surface area contributed by atoms with Crippen LogP contribution < -0.4 is 0 Å². The van der Waals surface area contributed by atoms with Gasteiger partial charge >= 0.3 is 0 Å². The maximum atomic E-state index is 12.4. The Balaban J connectivity index is 2.77. The molecule has 7 heteroatoms. The van der Waals surface area contributed by atoms with E-state index in [9.17, 15) is 18.0 Å². The minimum atomic E-state index is -3.02. The highest BCUT2D eigenvalue weighted by Gasteiger charge is 2.34. The molecule has 0 N–H and O–H groups in total. The Morgan fingerprint density at radius 3 is 2.29 bits per heavy atom. The van der Waals surface area contributed by atoms with E-state index < -0.39 is 9.84 Å². The number of nitrogens with zero attached hydrogens (tertiary/aromatic N) is 2. The molecule has 0 aromatic rings. The van der Waals surface area contributed by atoms with Gasteiger partial charge in [0, 0.05) is 25.6 Å². The molecule has 2 unspecified atom stereocenters. The van der Waals surface area contributed by atoms with Crippen molar-refractivity contribution < 1.29 is 18.0 Å². The number of rotatable bonds is 6. The summed E-state index contributed by atoms with van der Waals surface area (Å²) >= 11 is 0. The summed E-state index contributed by atoms with van der Waals surface area (Å²) in [6, 6.07) is -0.254. The zero-order valence-electron chi connectivity index (χ0n) is 13.3. The largest absolute Gasteiger partial charge is 0.337 e. The van der Waals surface area contributed by atoms with Crippen LogP contribution in [0.1, 0.15) is 40.5 Å². The summed E-state index contributed by atoms with van der Waals surface area (Å²) < 4.78 is 23.1. The lowest BCUT2D eigenvalue weighted by Gasteiger charge is -2.32. The highest BCUT2D eigenvalue weighted by atomic mass is 32.2. The first-order chi connectivity index (χ1) is 9.71. The Hall–Kier alpha value is -1.11. The van der Waals surface area contributed by atoms with Gasteiger partial charge in [0.1, 0.15) is 0 Å². The van der Waals surface area contributed by atoms with Gasteiger partial charge in [0.25, 0.3) is 0 Å². The lowest BCUT2D eigenvalue weighted by Crippen LogP contribution is -2.49. The summed E-state index contributed by atoms with van der Waals surface area (Å²) in [4.78, 5) is 27.3. The fourth-order valence-electron chi connectivity index (χ4n) is 2.69. The lowest BCUT2D eigenvalue weighted by atomic mass is 10.2. The van der Waals surface area contributed by atoms with Gasteiger partial charge in [-0.25, -0.2) is 8.42 Å². The van der Waals surface area contributed by atoms with Gasteiger partial charge in [-0.05, 0) is 26.7 Å². The first-order valence-electron chi connectivity index (χ1n) is 7.48. The predicted octanol–water partition coefficient (Wildman–Crippen LogP) is 0.669. The van der Waals surface area contributed by atoms with Crippen molar-refractivity contribution in [3.05, 3.63) is 0 Å². The van der Waals surface area contributed by atoms with E-state index in [2.05, 4.69) is 0 Å². The van der Waals surface area contributed by atoms with Crippen LogP contribution in [0.15, 0.2) is 0 Å². The number of amides is 2. The van der Waals surface area contributed by atoms with Crippen LogP contribution in [0.25, 0.3) is 0 Å². The van der Waals surface area contributed by atoms with Gasteiger partial charge in [-0.1, -0.05) is 6.92 Å². The molecule has 0 aromatic carbocycles. The molecule has 1 aliphatic rings. The van der Waals surface area contributed by atoms with Crippen LogP contribution in [-0.4, -0.2) is 66.7 Å². The average Bonchev–Trinajstić information content (AvgIpc) is 2.75. The molecule has 0 saturated carbocycles. The predicted molar refractivity (Wildman–Crippen MR) is 81.6 cm³/mol. The molecule has 122 valence electrons. The van der Waals surface area contributed by atoms with Crippen LogP contribution >= 0.6 is 0 Å². The van der Waals surface area contributed by atoms with Crippen LogP contribution in [-0.2, 0) is 19.4 Å². The molecule has 1 rings (SSSR count). The van der Waals surface area contributed by atoms with Crippen LogP contribution in [0.4, 0.5) is 0 Å². The molecule has 21 heavy (non-hydrogen) atoms. The normalized spacial score (nSPS) is 21.8. The topological polar surface area (TPSA) is 74.8 Å². The highest BCUT2D eigenvalue weighted by molar-refractivity contribution is 7.91. The fraction of sp³-hybridized carbons (Fsp3) is 0.857. The zero-order valence-corrected chi connectivity index (χ0v) is 14.1. The van der Waals surface area contributed by atoms with Gasteiger partial charge in [-0.3, -0.25) is 9.59 Å². The molecule has 0 spiro atoms. The summed E-state index contributed by atoms with van der Waals surface area (Å²) in [5.74, 6) is -0.123. The Morgan fingerprint density at radius 1 is 1.29 bits per heavy atom. The third-order valence-electron chi connectivity index (χ3n) is 4.14. The molecule has 1 saturated heterocycles. The smallest absolute Gasteiger partial charge is 0.242 e. The first-order valence-corrected chi connectivity index (χ1v) is 9.31. The molecule has 1 aliphatic heterocycles. The van der Waals surface area contributed by atoms with Crippen LogP contribution in [0.5, 0.6) is 0 Å². The lowest BCUT2D eigenvalue weighted by molar-refractivity contribution is -0.142. The maximum Gasteiger partial charge on any atom is 0.242 e. The molecule has 2 atom stereocenters. The quantitative estimate of drug-likeness (QED) is 0.721. The minimum Gasteiger partial charge on any atom is -0.337 e. The van der Waals surface area contributed by atoms with Crippen molar-refractivity contribution in [3.8, 4) is 0 Å². The van der Waals surface area contributed by atoms with Crippen molar-refractivity contribution in [3.63, 3.8) is 0 Å². The standard InChI is InChI=1S/C14H26N2O4S/c1-5-11(3)16(12(4)17)9-14(18)15(6-2)13-7-8-21(19,20)10-13/h11,13H,5-10H2,1-4H3. The van der Waals surface area contributed by atoms with Gasteiger partial charge in [0.2, 0.25) is 11.8 Å². The molecule has 0 aromatic heterocycles. The summed E-state index contributed by atoms with van der Waals surface area (Å²) in [5.41, 5.74) is 0. The fourth-order valence-corrected chi connectivity index (χ4v) is 4.42. The average molecular weight is 318 g/mol. The third-order valence-corrected chi connectivity index (χ3v) is 5.89. The third kappa shape index (κ3) is 4.69. The van der Waals surface area contributed by atoms with Crippen molar-refractivity contribution in [2.45, 2.75) is 52.6 Å². The second-order valence-corrected chi connectivity index (χ2v) is 7.87. The van der Waals surface area contributed by atoms with Crippen molar-refractivity contribution in [1.82, 2.24) is 9.80 Å². The molecule has 1 fully saturated rings. The zero-order chi connectivity index (χ0) is 16.2. The molecule has 0 bridgehead atoms. The van der Waals surface area contributed by atoms with Gasteiger partial charge in [-0.2, -0.15) is 0 Å². The number of carbonyl (C=O) groups excluding carboxylic acids is 2. The minimum absolute atomic E-state index is 0.00235. The van der Waals surface area contributed by atoms with Gasteiger partial charge in [-0.15, -0.1) is 0 Å². The van der Waals surface area contributed by atoms with Crippen molar-refractivity contribution in [2.75, 3.05) is 24.6 Å². The molecule has 6 nitrogen and oxygen atoms in total. The monoisotopic (exact) mass is 318 g/mol. The SMILES string of the molecule is CCC(C)N(CC(=O)N(CC)C1CCS(=O)(=O)C1)C(C)=O. The van der Waals surface area contributed by atoms with E-state index in [0.717, 1.165) is 6.42 Å². The molecular weight excluding hydrogens is 292 g/mol. The Kier molecular flexibility index (Phi) is 6.19. The number of likely N-dealkylation sites (N-methyl/N-ethyl adjacent to an activating group) is 1. The Morgan fingerprint density at radius 2 is 1.90 bits per heavy atom. The summed E-state index contributed by atoms with van der Waals surface area (Å²) in [5, 5.41) is 0. The van der Waals surface area contributed by atoms with Gasteiger partial charge in [0.15, 0.2) is 9.84 Å². The molecule has 1 heterocycles.